The van der Waals surface area contributed by atoms with Gasteiger partial charge in [-0.2, -0.15) is 0 Å². The number of benzene rings is 1. The molecule has 0 aliphatic heterocycles. The zero-order valence-corrected chi connectivity index (χ0v) is 14.8. The van der Waals surface area contributed by atoms with Gasteiger partial charge in [-0.25, -0.2) is 4.79 Å². The van der Waals surface area contributed by atoms with Gasteiger partial charge in [0.15, 0.2) is 0 Å². The molecule has 0 saturated carbocycles. The Morgan fingerprint density at radius 3 is 2.54 bits per heavy atom. The Labute approximate surface area is 146 Å². The second-order valence-corrected chi connectivity index (χ2v) is 5.83. The molecule has 0 heterocycles. The Morgan fingerprint density at radius 1 is 1.21 bits per heavy atom. The number of hydrogen-bond acceptors (Lipinski definition) is 5. The van der Waals surface area contributed by atoms with E-state index in [1.54, 1.807) is 0 Å². The smallest absolute Gasteiger partial charge is 0.337 e. The fourth-order valence-electron chi connectivity index (χ4n) is 1.89. The Bertz CT molecular complexity index is 605. The summed E-state index contributed by atoms with van der Waals surface area (Å²) in [5.74, 6) is -1.42. The lowest BCUT2D eigenvalue weighted by Crippen LogP contribution is -2.30. The molecule has 0 atom stereocenters. The molecule has 0 fully saturated rings. The van der Waals surface area contributed by atoms with Crippen LogP contribution in [0.25, 0.3) is 0 Å². The third-order valence-corrected chi connectivity index (χ3v) is 3.42. The third kappa shape index (κ3) is 6.97. The molecule has 1 aromatic rings. The number of hydrogen-bond donors (Lipinski definition) is 2. The number of nitrogens with zero attached hydrogens (tertiary/aromatic N) is 1. The highest BCUT2D eigenvalue weighted by atomic mass is 35.5. The molecule has 8 heteroatoms. The maximum Gasteiger partial charge on any atom is 0.337 e. The van der Waals surface area contributed by atoms with Crippen LogP contribution in [0.4, 0.5) is 5.69 Å². The minimum Gasteiger partial charge on any atom is -0.465 e. The number of anilines is 1. The van der Waals surface area contributed by atoms with Crippen LogP contribution < -0.4 is 10.6 Å². The van der Waals surface area contributed by atoms with Gasteiger partial charge in [0.2, 0.25) is 11.8 Å². The van der Waals surface area contributed by atoms with Crippen molar-refractivity contribution in [2.45, 2.75) is 12.8 Å². The first kappa shape index (κ1) is 19.9. The third-order valence-electron chi connectivity index (χ3n) is 3.09. The van der Waals surface area contributed by atoms with Crippen LogP contribution in [-0.4, -0.2) is 57.0 Å². The van der Waals surface area contributed by atoms with Gasteiger partial charge in [0, 0.05) is 6.54 Å². The van der Waals surface area contributed by atoms with Gasteiger partial charge in [0.25, 0.3) is 0 Å². The first-order chi connectivity index (χ1) is 11.3. The Balaban J connectivity index is 2.52. The van der Waals surface area contributed by atoms with Crippen molar-refractivity contribution in [1.82, 2.24) is 10.2 Å². The van der Waals surface area contributed by atoms with E-state index in [1.807, 2.05) is 19.0 Å². The average molecular weight is 356 g/mol. The first-order valence-electron chi connectivity index (χ1n) is 7.42. The summed E-state index contributed by atoms with van der Waals surface area (Å²) < 4.78 is 4.61. The molecule has 0 spiro atoms. The van der Waals surface area contributed by atoms with Crippen LogP contribution in [0.3, 0.4) is 0 Å². The molecule has 24 heavy (non-hydrogen) atoms. The molecular weight excluding hydrogens is 334 g/mol. The van der Waals surface area contributed by atoms with Crippen molar-refractivity contribution in [3.05, 3.63) is 28.8 Å². The maximum absolute atomic E-state index is 11.9. The molecule has 0 bridgehead atoms. The fourth-order valence-corrected chi connectivity index (χ4v) is 2.06. The van der Waals surface area contributed by atoms with E-state index in [9.17, 15) is 14.4 Å². The second-order valence-electron chi connectivity index (χ2n) is 5.42. The molecule has 132 valence electrons. The van der Waals surface area contributed by atoms with Crippen molar-refractivity contribution in [3.8, 4) is 0 Å². The van der Waals surface area contributed by atoms with E-state index < -0.39 is 11.9 Å². The van der Waals surface area contributed by atoms with Gasteiger partial charge in [0.05, 0.1) is 23.4 Å². The summed E-state index contributed by atoms with van der Waals surface area (Å²) in [7, 11) is 5.15. The number of methoxy groups -OCH3 is 1. The van der Waals surface area contributed by atoms with Crippen LogP contribution in [-0.2, 0) is 14.3 Å². The molecule has 1 aromatic carbocycles. The SMILES string of the molecule is COC(=O)c1ccc(Cl)c(NC(=O)CC(=O)NCCCN(C)C)c1. The normalized spacial score (nSPS) is 10.4. The van der Waals surface area contributed by atoms with Gasteiger partial charge in [-0.3, -0.25) is 9.59 Å². The predicted octanol–water partition coefficient (Wildman–Crippen LogP) is 1.52. The van der Waals surface area contributed by atoms with Crippen molar-refractivity contribution in [1.29, 1.82) is 0 Å². The number of rotatable bonds is 8. The molecule has 2 N–H and O–H groups in total. The molecule has 0 aliphatic rings. The highest BCUT2D eigenvalue weighted by Gasteiger charge is 2.13. The number of carbonyl (C=O) groups excluding carboxylic acids is 3. The lowest BCUT2D eigenvalue weighted by Gasteiger charge is -2.11. The summed E-state index contributed by atoms with van der Waals surface area (Å²) in [6.45, 7) is 1.35. The molecule has 0 unspecified atom stereocenters. The van der Waals surface area contributed by atoms with E-state index in [0.717, 1.165) is 13.0 Å². The molecule has 0 saturated heterocycles. The van der Waals surface area contributed by atoms with Crippen molar-refractivity contribution < 1.29 is 19.1 Å². The quantitative estimate of drug-likeness (QED) is 0.419. The number of amides is 2. The predicted molar refractivity (Wildman–Crippen MR) is 92.2 cm³/mol. The highest BCUT2D eigenvalue weighted by molar-refractivity contribution is 6.34. The standard InChI is InChI=1S/C16H22ClN3O4/c1-20(2)8-4-7-18-14(21)10-15(22)19-13-9-11(16(23)24-3)5-6-12(13)17/h5-6,9H,4,7-8,10H2,1-3H3,(H,18,21)(H,19,22). The number of halogens is 1. The molecule has 0 radical (unpaired) electrons. The number of carbonyl (C=O) groups is 3. The number of esters is 1. The van der Waals surface area contributed by atoms with E-state index in [0.29, 0.717) is 6.54 Å². The zero-order valence-electron chi connectivity index (χ0n) is 14.0. The molecule has 2 amide bonds. The molecule has 0 aliphatic carbocycles. The van der Waals surface area contributed by atoms with Crippen molar-refractivity contribution in [2.24, 2.45) is 0 Å². The summed E-state index contributed by atoms with van der Waals surface area (Å²) in [4.78, 5) is 37.1. The van der Waals surface area contributed by atoms with Crippen LogP contribution in [0.15, 0.2) is 18.2 Å². The van der Waals surface area contributed by atoms with Crippen molar-refractivity contribution in [3.63, 3.8) is 0 Å². The Hall–Kier alpha value is -2.12. The van der Waals surface area contributed by atoms with Crippen LogP contribution in [0.5, 0.6) is 0 Å². The summed E-state index contributed by atoms with van der Waals surface area (Å²) >= 11 is 5.98. The first-order valence-corrected chi connectivity index (χ1v) is 7.80. The zero-order chi connectivity index (χ0) is 18.1. The summed E-state index contributed by atoms with van der Waals surface area (Å²) in [6, 6.07) is 4.37. The van der Waals surface area contributed by atoms with Gasteiger partial charge in [-0.05, 0) is 45.3 Å². The van der Waals surface area contributed by atoms with E-state index in [1.165, 1.54) is 25.3 Å². The summed E-state index contributed by atoms with van der Waals surface area (Å²) in [6.07, 6.45) is 0.480. The molecule has 7 nitrogen and oxygen atoms in total. The Morgan fingerprint density at radius 2 is 1.92 bits per heavy atom. The molecular formula is C16H22ClN3O4. The van der Waals surface area contributed by atoms with E-state index in [2.05, 4.69) is 15.4 Å². The Kier molecular flexibility index (Phi) is 8.21. The van der Waals surface area contributed by atoms with Gasteiger partial charge < -0.3 is 20.3 Å². The minimum atomic E-state index is -0.541. The molecule has 0 aromatic heterocycles. The van der Waals surface area contributed by atoms with Gasteiger partial charge in [0.1, 0.15) is 6.42 Å². The monoisotopic (exact) mass is 355 g/mol. The van der Waals surface area contributed by atoms with Crippen molar-refractivity contribution in [2.75, 3.05) is 39.6 Å². The second kappa shape index (κ2) is 9.89. The maximum atomic E-state index is 11.9. The topological polar surface area (TPSA) is 87.7 Å². The van der Waals surface area contributed by atoms with Crippen LogP contribution in [0.2, 0.25) is 5.02 Å². The lowest BCUT2D eigenvalue weighted by molar-refractivity contribution is -0.126. The fraction of sp³-hybridized carbons (Fsp3) is 0.438. The van der Waals surface area contributed by atoms with E-state index >= 15 is 0 Å². The lowest BCUT2D eigenvalue weighted by atomic mass is 10.2. The van der Waals surface area contributed by atoms with Gasteiger partial charge >= 0.3 is 5.97 Å². The minimum absolute atomic E-state index is 0.255. The summed E-state index contributed by atoms with van der Waals surface area (Å²) in [5, 5.41) is 5.46. The van der Waals surface area contributed by atoms with Crippen LogP contribution >= 0.6 is 11.6 Å². The molecule has 1 rings (SSSR count). The number of nitrogens with one attached hydrogen (secondary N) is 2. The van der Waals surface area contributed by atoms with Crippen LogP contribution in [0, 0.1) is 0 Å². The number of ether oxygens (including phenoxy) is 1. The van der Waals surface area contributed by atoms with Crippen LogP contribution in [0.1, 0.15) is 23.2 Å². The van der Waals surface area contributed by atoms with Gasteiger partial charge in [-0.1, -0.05) is 11.6 Å². The summed E-state index contributed by atoms with van der Waals surface area (Å²) in [5.41, 5.74) is 0.510. The van der Waals surface area contributed by atoms with Gasteiger partial charge in [-0.15, -0.1) is 0 Å². The van der Waals surface area contributed by atoms with E-state index in [4.69, 9.17) is 11.6 Å². The highest BCUT2D eigenvalue weighted by Crippen LogP contribution is 2.23. The largest absolute Gasteiger partial charge is 0.465 e. The van der Waals surface area contributed by atoms with E-state index in [-0.39, 0.29) is 28.6 Å². The van der Waals surface area contributed by atoms with Crippen molar-refractivity contribution >= 4 is 35.1 Å². The average Bonchev–Trinajstić information content (AvgIpc) is 2.52.